The zero-order chi connectivity index (χ0) is 7.82. The molecule has 0 aliphatic heterocycles. The smallest absolute Gasteiger partial charge is 0.533 e. The van der Waals surface area contributed by atoms with Crippen LogP contribution in [0.4, 0.5) is 0 Å². The molecule has 0 radical (unpaired) electrons. The van der Waals surface area contributed by atoms with E-state index in [1.54, 1.807) is 0 Å². The Kier molecular flexibility index (Phi) is 12.0. The van der Waals surface area contributed by atoms with Crippen molar-refractivity contribution in [1.82, 2.24) is 0 Å². The second-order valence-corrected chi connectivity index (χ2v) is 2.10. The molecule has 0 N–H and O–H groups in total. The molecule has 0 saturated heterocycles. The minimum atomic E-state index is -0.738. The Morgan fingerprint density at radius 2 is 2.18 bits per heavy atom. The number of allylic oxidation sites excluding steroid dienone is 4. The van der Waals surface area contributed by atoms with Crippen LogP contribution >= 0.6 is 15.9 Å². The van der Waals surface area contributed by atoms with Gasteiger partial charge in [-0.15, -0.1) is 6.42 Å². The maximum absolute atomic E-state index is 9.31. The molecular formula is C7H5BrFeO2. The van der Waals surface area contributed by atoms with Gasteiger partial charge < -0.3 is 9.59 Å². The molecule has 1 aliphatic carbocycles. The van der Waals surface area contributed by atoms with Gasteiger partial charge in [-0.3, -0.25) is 6.08 Å². The molecule has 0 saturated carbocycles. The van der Waals surface area contributed by atoms with Crippen molar-refractivity contribution in [2.24, 2.45) is 0 Å². The van der Waals surface area contributed by atoms with Gasteiger partial charge in [0.15, 0.2) is 0 Å². The first-order valence-corrected chi connectivity index (χ1v) is 3.36. The summed E-state index contributed by atoms with van der Waals surface area (Å²) in [7, 11) is 0. The summed E-state index contributed by atoms with van der Waals surface area (Å²) in [6.07, 6.45) is 11.1. The van der Waals surface area contributed by atoms with E-state index in [1.807, 2.05) is 12.2 Å². The van der Waals surface area contributed by atoms with E-state index in [4.69, 9.17) is 4.79 Å². The van der Waals surface area contributed by atoms with Crippen LogP contribution in [0.25, 0.3) is 0 Å². The van der Waals surface area contributed by atoms with Gasteiger partial charge in [0.2, 0.25) is 0 Å². The SMILES string of the molecule is O=[C-]C(=O)Br.[C-]1=CC=CC1.[Fe+2]. The largest absolute Gasteiger partial charge is 2.00 e. The molecule has 0 aromatic carbocycles. The molecule has 0 aromatic heterocycles. The van der Waals surface area contributed by atoms with Crippen LogP contribution in [0.3, 0.4) is 0 Å². The molecule has 0 fully saturated rings. The third-order valence-electron chi connectivity index (χ3n) is 0.666. The zero-order valence-corrected chi connectivity index (χ0v) is 8.18. The standard InChI is InChI=1S/C5H5.C2BrO2.Fe/c1-2-4-5-3-1;3-2(5)1-4;/h1-3H,4H2;;/q2*-1;+2. The van der Waals surface area contributed by atoms with Crippen LogP contribution in [-0.2, 0) is 26.7 Å². The van der Waals surface area contributed by atoms with Gasteiger partial charge in [-0.2, -0.15) is 12.4 Å². The molecule has 60 valence electrons. The molecule has 0 atom stereocenters. The van der Waals surface area contributed by atoms with Crippen molar-refractivity contribution in [1.29, 1.82) is 0 Å². The minimum Gasteiger partial charge on any atom is -0.533 e. The molecule has 2 nitrogen and oxygen atoms in total. The molecule has 0 spiro atoms. The Hall–Kier alpha value is -0.181. The van der Waals surface area contributed by atoms with Crippen molar-refractivity contribution in [2.75, 3.05) is 0 Å². The Labute approximate surface area is 84.3 Å². The normalized spacial score (nSPS) is 11.0. The van der Waals surface area contributed by atoms with Crippen LogP contribution in [0.1, 0.15) is 6.42 Å². The third kappa shape index (κ3) is 12.9. The van der Waals surface area contributed by atoms with E-state index in [1.165, 1.54) is 0 Å². The summed E-state index contributed by atoms with van der Waals surface area (Å²) in [5.41, 5.74) is 0. The van der Waals surface area contributed by atoms with E-state index in [-0.39, 0.29) is 17.1 Å². The van der Waals surface area contributed by atoms with Crippen LogP contribution in [0, 0.1) is 6.08 Å². The van der Waals surface area contributed by atoms with E-state index in [2.05, 4.69) is 28.1 Å². The Morgan fingerprint density at radius 1 is 1.64 bits per heavy atom. The van der Waals surface area contributed by atoms with Crippen LogP contribution < -0.4 is 0 Å². The van der Waals surface area contributed by atoms with Gasteiger partial charge in [0, 0.05) is 0 Å². The van der Waals surface area contributed by atoms with Crippen molar-refractivity contribution in [3.05, 3.63) is 24.3 Å². The van der Waals surface area contributed by atoms with Crippen molar-refractivity contribution in [2.45, 2.75) is 6.42 Å². The molecule has 0 bridgehead atoms. The number of carbonyl (C=O) groups is 1. The van der Waals surface area contributed by atoms with Crippen LogP contribution in [0.15, 0.2) is 18.2 Å². The summed E-state index contributed by atoms with van der Waals surface area (Å²) in [5.74, 6) is 0. The summed E-state index contributed by atoms with van der Waals surface area (Å²) in [4.78, 5) is 18.3. The van der Waals surface area contributed by atoms with Gasteiger partial charge >= 0.3 is 17.1 Å². The molecule has 0 unspecified atom stereocenters. The van der Waals surface area contributed by atoms with Crippen molar-refractivity contribution in [3.63, 3.8) is 0 Å². The summed E-state index contributed by atoms with van der Waals surface area (Å²) < 4.78 is -0.738. The Morgan fingerprint density at radius 3 is 2.27 bits per heavy atom. The van der Waals surface area contributed by atoms with E-state index in [0.29, 0.717) is 0 Å². The molecule has 11 heavy (non-hydrogen) atoms. The first-order chi connectivity index (χ1) is 4.77. The van der Waals surface area contributed by atoms with E-state index in [0.717, 1.165) is 12.7 Å². The third-order valence-corrected chi connectivity index (χ3v) is 0.828. The zero-order valence-electron chi connectivity index (χ0n) is 5.49. The van der Waals surface area contributed by atoms with E-state index in [9.17, 15) is 4.79 Å². The fourth-order valence-corrected chi connectivity index (χ4v) is 0.340. The first kappa shape index (κ1) is 13.4. The van der Waals surface area contributed by atoms with Crippen LogP contribution in [-0.4, -0.2) is 11.0 Å². The fourth-order valence-electron chi connectivity index (χ4n) is 0.340. The molecular weight excluding hydrogens is 252 g/mol. The van der Waals surface area contributed by atoms with Gasteiger partial charge in [-0.1, -0.05) is 0 Å². The van der Waals surface area contributed by atoms with Crippen molar-refractivity contribution < 1.29 is 26.7 Å². The van der Waals surface area contributed by atoms with Crippen LogP contribution in [0.5, 0.6) is 0 Å². The summed E-state index contributed by atoms with van der Waals surface area (Å²) >= 11 is 2.31. The molecule has 0 amide bonds. The molecule has 4 heteroatoms. The molecule has 0 heterocycles. The van der Waals surface area contributed by atoms with Gasteiger partial charge in [-0.05, 0) is 15.9 Å². The number of hydrogen-bond acceptors (Lipinski definition) is 2. The first-order valence-electron chi connectivity index (χ1n) is 2.56. The van der Waals surface area contributed by atoms with Crippen molar-refractivity contribution in [3.8, 4) is 0 Å². The average Bonchev–Trinajstić information content (AvgIpc) is 2.43. The number of halogens is 1. The van der Waals surface area contributed by atoms with Gasteiger partial charge in [0.25, 0.3) is 0 Å². The second kappa shape index (κ2) is 9.82. The molecule has 1 rings (SSSR count). The van der Waals surface area contributed by atoms with E-state index >= 15 is 0 Å². The monoisotopic (exact) mass is 256 g/mol. The summed E-state index contributed by atoms with van der Waals surface area (Å²) in [6.45, 7) is 0. The Bertz CT molecular complexity index is 165. The predicted octanol–water partition coefficient (Wildman–Crippen LogP) is 1.32. The summed E-state index contributed by atoms with van der Waals surface area (Å²) in [6, 6.07) is 0. The predicted molar refractivity (Wildman–Crippen MR) is 41.2 cm³/mol. The maximum atomic E-state index is 9.31. The quantitative estimate of drug-likeness (QED) is 0.307. The number of hydrogen-bond donors (Lipinski definition) is 0. The summed E-state index contributed by atoms with van der Waals surface area (Å²) in [5, 5.41) is 0. The minimum absolute atomic E-state index is 0. The Balaban J connectivity index is 0. The number of carbonyl (C=O) groups excluding carboxylic acids is 2. The van der Waals surface area contributed by atoms with Crippen molar-refractivity contribution >= 4 is 26.9 Å². The average molecular weight is 257 g/mol. The maximum Gasteiger partial charge on any atom is 2.00 e. The molecule has 1 aliphatic rings. The van der Waals surface area contributed by atoms with Crippen LogP contribution in [0.2, 0.25) is 0 Å². The fraction of sp³-hybridized carbons (Fsp3) is 0.143. The molecule has 0 aromatic rings. The van der Waals surface area contributed by atoms with Gasteiger partial charge in [0.05, 0.1) is 4.69 Å². The topological polar surface area (TPSA) is 34.1 Å². The number of rotatable bonds is 1. The van der Waals surface area contributed by atoms with E-state index < -0.39 is 4.69 Å². The second-order valence-electron chi connectivity index (χ2n) is 1.38. The van der Waals surface area contributed by atoms with Gasteiger partial charge in [-0.25, -0.2) is 12.2 Å². The van der Waals surface area contributed by atoms with Gasteiger partial charge in [0.1, 0.15) is 0 Å².